The molecule has 2 aromatic carbocycles. The van der Waals surface area contributed by atoms with Gasteiger partial charge in [0.2, 0.25) is 5.91 Å². The first-order valence-electron chi connectivity index (χ1n) is 10.2. The van der Waals surface area contributed by atoms with Crippen molar-refractivity contribution in [3.05, 3.63) is 70.8 Å². The van der Waals surface area contributed by atoms with Gasteiger partial charge in [-0.3, -0.25) is 4.79 Å². The second-order valence-corrected chi connectivity index (χ2v) is 8.01. The highest BCUT2D eigenvalue weighted by atomic mass is 19.4. The molecule has 0 spiro atoms. The van der Waals surface area contributed by atoms with Crippen LogP contribution in [0.4, 0.5) is 26.3 Å². The summed E-state index contributed by atoms with van der Waals surface area (Å²) in [6.07, 6.45) is -7.78. The summed E-state index contributed by atoms with van der Waals surface area (Å²) in [4.78, 5) is 11.9. The zero-order chi connectivity index (χ0) is 23.4. The molecule has 2 aromatic rings. The molecular weight excluding hydrogens is 436 g/mol. The highest BCUT2D eigenvalue weighted by Crippen LogP contribution is 2.38. The SMILES string of the molecule is O=C1CCC(COCc2cc(C(F)(F)F)cc(C(F)(F)F)c2)(c2ccccc2)CCCN1. The Kier molecular flexibility index (Phi) is 7.17. The van der Waals surface area contributed by atoms with Gasteiger partial charge in [-0.15, -0.1) is 0 Å². The van der Waals surface area contributed by atoms with E-state index in [2.05, 4.69) is 5.32 Å². The van der Waals surface area contributed by atoms with Crippen molar-refractivity contribution >= 4 is 5.91 Å². The number of ether oxygens (including phenoxy) is 1. The Labute approximate surface area is 181 Å². The Morgan fingerprint density at radius 3 is 2.12 bits per heavy atom. The van der Waals surface area contributed by atoms with Crippen molar-refractivity contribution in [3.63, 3.8) is 0 Å². The maximum Gasteiger partial charge on any atom is 0.416 e. The van der Waals surface area contributed by atoms with Gasteiger partial charge in [0.1, 0.15) is 0 Å². The summed E-state index contributed by atoms with van der Waals surface area (Å²) in [7, 11) is 0. The molecule has 32 heavy (non-hydrogen) atoms. The molecule has 1 unspecified atom stereocenters. The van der Waals surface area contributed by atoms with Crippen LogP contribution in [-0.2, 0) is 33.9 Å². The molecule has 0 aromatic heterocycles. The third-order valence-electron chi connectivity index (χ3n) is 5.67. The minimum Gasteiger partial charge on any atom is -0.376 e. The molecule has 1 aliphatic heterocycles. The number of benzene rings is 2. The van der Waals surface area contributed by atoms with Crippen LogP contribution in [0.5, 0.6) is 0 Å². The van der Waals surface area contributed by atoms with Crippen molar-refractivity contribution in [1.29, 1.82) is 0 Å². The second kappa shape index (κ2) is 9.52. The van der Waals surface area contributed by atoms with Crippen molar-refractivity contribution < 1.29 is 35.9 Å². The number of rotatable bonds is 5. The molecule has 0 radical (unpaired) electrons. The molecule has 3 nitrogen and oxygen atoms in total. The van der Waals surface area contributed by atoms with Crippen molar-refractivity contribution in [2.45, 2.75) is 50.1 Å². The summed E-state index contributed by atoms with van der Waals surface area (Å²) in [6, 6.07) is 10.8. The molecule has 1 amide bonds. The number of carbonyl (C=O) groups excluding carboxylic acids is 1. The number of hydrogen-bond donors (Lipinski definition) is 1. The van der Waals surface area contributed by atoms with E-state index in [1.54, 1.807) is 0 Å². The minimum absolute atomic E-state index is 0.0713. The third-order valence-corrected chi connectivity index (χ3v) is 5.67. The maximum absolute atomic E-state index is 13.1. The van der Waals surface area contributed by atoms with Gasteiger partial charge in [0.15, 0.2) is 0 Å². The first-order valence-corrected chi connectivity index (χ1v) is 10.2. The zero-order valence-electron chi connectivity index (χ0n) is 17.2. The molecule has 1 saturated heterocycles. The van der Waals surface area contributed by atoms with E-state index in [1.807, 2.05) is 30.3 Å². The summed E-state index contributed by atoms with van der Waals surface area (Å²) in [5.41, 5.74) is -2.58. The van der Waals surface area contributed by atoms with Crippen molar-refractivity contribution in [2.75, 3.05) is 13.2 Å². The van der Waals surface area contributed by atoms with Crippen LogP contribution in [0.2, 0.25) is 0 Å². The van der Waals surface area contributed by atoms with Gasteiger partial charge in [0, 0.05) is 18.4 Å². The first-order chi connectivity index (χ1) is 15.0. The predicted molar refractivity (Wildman–Crippen MR) is 106 cm³/mol. The lowest BCUT2D eigenvalue weighted by molar-refractivity contribution is -0.143. The fraction of sp³-hybridized carbons (Fsp3) is 0.435. The van der Waals surface area contributed by atoms with Crippen LogP contribution in [0, 0.1) is 0 Å². The topological polar surface area (TPSA) is 38.3 Å². The van der Waals surface area contributed by atoms with Gasteiger partial charge in [0.25, 0.3) is 0 Å². The van der Waals surface area contributed by atoms with Crippen molar-refractivity contribution in [3.8, 4) is 0 Å². The minimum atomic E-state index is -4.91. The summed E-state index contributed by atoms with van der Waals surface area (Å²) in [5.74, 6) is -0.0993. The maximum atomic E-state index is 13.1. The second-order valence-electron chi connectivity index (χ2n) is 8.01. The van der Waals surface area contributed by atoms with Crippen LogP contribution in [-0.4, -0.2) is 19.1 Å². The molecule has 0 aliphatic carbocycles. The molecule has 1 aliphatic rings. The van der Waals surface area contributed by atoms with Gasteiger partial charge in [-0.2, -0.15) is 26.3 Å². The Hall–Kier alpha value is -2.55. The molecular formula is C23H23F6NO2. The molecule has 0 saturated carbocycles. The molecule has 1 fully saturated rings. The molecule has 174 valence electrons. The molecule has 1 heterocycles. The lowest BCUT2D eigenvalue weighted by Crippen LogP contribution is -2.38. The van der Waals surface area contributed by atoms with Crippen molar-refractivity contribution in [1.82, 2.24) is 5.32 Å². The summed E-state index contributed by atoms with van der Waals surface area (Å²) < 4.78 is 84.4. The molecule has 1 atom stereocenters. The number of amides is 1. The largest absolute Gasteiger partial charge is 0.416 e. The standard InChI is InChI=1S/C23H23F6NO2/c24-22(25,26)18-11-16(12-19(13-18)23(27,28)29)14-32-15-21(17-5-2-1-3-6-17)8-4-10-30-20(31)7-9-21/h1-3,5-6,11-13H,4,7-10,14-15H2,(H,30,31). The fourth-order valence-electron chi connectivity index (χ4n) is 4.00. The van der Waals surface area contributed by atoms with E-state index >= 15 is 0 Å². The highest BCUT2D eigenvalue weighted by molar-refractivity contribution is 5.76. The number of hydrogen-bond acceptors (Lipinski definition) is 2. The van der Waals surface area contributed by atoms with Gasteiger partial charge in [0.05, 0.1) is 24.3 Å². The van der Waals surface area contributed by atoms with Gasteiger partial charge >= 0.3 is 12.4 Å². The predicted octanol–water partition coefficient (Wildman–Crippen LogP) is 5.87. The van der Waals surface area contributed by atoms with E-state index in [4.69, 9.17) is 4.74 Å². The van der Waals surface area contributed by atoms with E-state index < -0.39 is 35.5 Å². The quantitative estimate of drug-likeness (QED) is 0.568. The van der Waals surface area contributed by atoms with E-state index in [0.29, 0.717) is 37.9 Å². The molecule has 1 N–H and O–H groups in total. The average Bonchev–Trinajstić information content (AvgIpc) is 2.72. The van der Waals surface area contributed by atoms with Gasteiger partial charge < -0.3 is 10.1 Å². The van der Waals surface area contributed by atoms with E-state index in [-0.39, 0.29) is 30.6 Å². The zero-order valence-corrected chi connectivity index (χ0v) is 17.2. The lowest BCUT2D eigenvalue weighted by Gasteiger charge is -2.36. The molecule has 9 heteroatoms. The van der Waals surface area contributed by atoms with Crippen LogP contribution >= 0.6 is 0 Å². The smallest absolute Gasteiger partial charge is 0.376 e. The third kappa shape index (κ3) is 6.03. The Morgan fingerprint density at radius 2 is 1.53 bits per heavy atom. The first kappa shape index (κ1) is 24.1. The van der Waals surface area contributed by atoms with Crippen LogP contribution in [0.25, 0.3) is 0 Å². The lowest BCUT2D eigenvalue weighted by atomic mass is 9.73. The summed E-state index contributed by atoms with van der Waals surface area (Å²) >= 11 is 0. The van der Waals surface area contributed by atoms with Crippen molar-refractivity contribution in [2.24, 2.45) is 0 Å². The number of alkyl halides is 6. The monoisotopic (exact) mass is 459 g/mol. The van der Waals surface area contributed by atoms with Gasteiger partial charge in [-0.05, 0) is 48.6 Å². The van der Waals surface area contributed by atoms with E-state index in [1.165, 1.54) is 0 Å². The van der Waals surface area contributed by atoms with Crippen LogP contribution in [0.15, 0.2) is 48.5 Å². The van der Waals surface area contributed by atoms with E-state index in [0.717, 1.165) is 5.56 Å². The molecule has 3 rings (SSSR count). The molecule has 0 bridgehead atoms. The summed E-state index contributed by atoms with van der Waals surface area (Å²) in [6.45, 7) is 0.158. The van der Waals surface area contributed by atoms with Crippen LogP contribution in [0.1, 0.15) is 47.9 Å². The average molecular weight is 459 g/mol. The summed E-state index contributed by atoms with van der Waals surface area (Å²) in [5, 5.41) is 2.80. The van der Waals surface area contributed by atoms with Gasteiger partial charge in [-0.25, -0.2) is 0 Å². The Balaban J connectivity index is 1.84. The Morgan fingerprint density at radius 1 is 0.906 bits per heavy atom. The van der Waals surface area contributed by atoms with Crippen LogP contribution < -0.4 is 5.32 Å². The van der Waals surface area contributed by atoms with Gasteiger partial charge in [-0.1, -0.05) is 30.3 Å². The number of nitrogens with one attached hydrogen (secondary N) is 1. The highest BCUT2D eigenvalue weighted by Gasteiger charge is 2.37. The number of halogens is 6. The number of carbonyl (C=O) groups is 1. The fourth-order valence-corrected chi connectivity index (χ4v) is 4.00. The Bertz CT molecular complexity index is 894. The van der Waals surface area contributed by atoms with Crippen LogP contribution in [0.3, 0.4) is 0 Å². The van der Waals surface area contributed by atoms with E-state index in [9.17, 15) is 31.1 Å². The normalized spacial score (nSPS) is 20.4.